The molecule has 0 aliphatic carbocycles. The maximum atomic E-state index is 13.4. The zero-order chi connectivity index (χ0) is 21.9. The van der Waals surface area contributed by atoms with Gasteiger partial charge in [0.2, 0.25) is 5.91 Å². The Kier molecular flexibility index (Phi) is 6.63. The molecule has 0 heterocycles. The number of nitrogens with one attached hydrogen (secondary N) is 1. The maximum Gasteiger partial charge on any atom is 0.264 e. The predicted molar refractivity (Wildman–Crippen MR) is 124 cm³/mol. The van der Waals surface area contributed by atoms with Gasteiger partial charge >= 0.3 is 0 Å². The highest BCUT2D eigenvalue weighted by molar-refractivity contribution is 9.10. The SMILES string of the molecule is Cc1ccc(N(CC(=O)Nc2ccc(Br)c(C)c2)S(=O)(=O)c2ccc(C)cc2)cc1. The van der Waals surface area contributed by atoms with Crippen LogP contribution in [-0.4, -0.2) is 20.9 Å². The van der Waals surface area contributed by atoms with Crippen LogP contribution >= 0.6 is 15.9 Å². The molecule has 1 amide bonds. The van der Waals surface area contributed by atoms with E-state index in [2.05, 4.69) is 21.2 Å². The van der Waals surface area contributed by atoms with Gasteiger partial charge in [-0.05, 0) is 68.8 Å². The molecule has 0 atom stereocenters. The first-order valence-electron chi connectivity index (χ1n) is 9.39. The van der Waals surface area contributed by atoms with Crippen molar-refractivity contribution < 1.29 is 13.2 Å². The number of carbonyl (C=O) groups excluding carboxylic acids is 1. The second kappa shape index (κ2) is 9.02. The Hall–Kier alpha value is -2.64. The Morgan fingerprint density at radius 2 is 1.47 bits per heavy atom. The van der Waals surface area contributed by atoms with Crippen LogP contribution in [0.1, 0.15) is 16.7 Å². The quantitative estimate of drug-likeness (QED) is 0.519. The molecule has 0 unspecified atom stereocenters. The van der Waals surface area contributed by atoms with Crippen LogP contribution in [0, 0.1) is 20.8 Å². The zero-order valence-electron chi connectivity index (χ0n) is 17.0. The van der Waals surface area contributed by atoms with Gasteiger partial charge in [0.05, 0.1) is 10.6 Å². The Morgan fingerprint density at radius 3 is 2.03 bits per heavy atom. The van der Waals surface area contributed by atoms with E-state index >= 15 is 0 Å². The largest absolute Gasteiger partial charge is 0.325 e. The van der Waals surface area contributed by atoms with E-state index < -0.39 is 15.9 Å². The average molecular weight is 487 g/mol. The number of rotatable bonds is 6. The van der Waals surface area contributed by atoms with Crippen molar-refractivity contribution in [1.82, 2.24) is 0 Å². The molecule has 7 heteroatoms. The van der Waals surface area contributed by atoms with Crippen molar-refractivity contribution in [2.75, 3.05) is 16.2 Å². The highest BCUT2D eigenvalue weighted by Gasteiger charge is 2.27. The van der Waals surface area contributed by atoms with Crippen molar-refractivity contribution in [2.45, 2.75) is 25.7 Å². The topological polar surface area (TPSA) is 66.5 Å². The third kappa shape index (κ3) is 5.09. The molecule has 0 saturated heterocycles. The van der Waals surface area contributed by atoms with E-state index in [4.69, 9.17) is 0 Å². The third-order valence-corrected chi connectivity index (χ3v) is 7.34. The molecule has 0 fully saturated rings. The van der Waals surface area contributed by atoms with Gasteiger partial charge in [0, 0.05) is 10.2 Å². The van der Waals surface area contributed by atoms with Gasteiger partial charge in [-0.25, -0.2) is 8.42 Å². The van der Waals surface area contributed by atoms with Gasteiger partial charge in [0.15, 0.2) is 0 Å². The summed E-state index contributed by atoms with van der Waals surface area (Å²) in [6.45, 7) is 5.39. The lowest BCUT2D eigenvalue weighted by molar-refractivity contribution is -0.114. The van der Waals surface area contributed by atoms with Gasteiger partial charge < -0.3 is 5.32 Å². The fraction of sp³-hybridized carbons (Fsp3) is 0.174. The highest BCUT2D eigenvalue weighted by atomic mass is 79.9. The number of amides is 1. The molecule has 156 valence electrons. The van der Waals surface area contributed by atoms with Crippen LogP contribution in [0.5, 0.6) is 0 Å². The Morgan fingerprint density at radius 1 is 0.900 bits per heavy atom. The first-order chi connectivity index (χ1) is 14.2. The highest BCUT2D eigenvalue weighted by Crippen LogP contribution is 2.25. The molecule has 5 nitrogen and oxygen atoms in total. The molecule has 0 saturated carbocycles. The van der Waals surface area contributed by atoms with E-state index in [1.165, 1.54) is 0 Å². The van der Waals surface area contributed by atoms with E-state index in [1.807, 2.05) is 45.0 Å². The molecular formula is C23H23BrN2O3S. The van der Waals surface area contributed by atoms with Gasteiger partial charge in [-0.15, -0.1) is 0 Å². The zero-order valence-corrected chi connectivity index (χ0v) is 19.4. The molecule has 0 aliphatic rings. The first-order valence-corrected chi connectivity index (χ1v) is 11.6. The molecule has 0 aliphatic heterocycles. The lowest BCUT2D eigenvalue weighted by atomic mass is 10.2. The van der Waals surface area contributed by atoms with Crippen LogP contribution in [0.25, 0.3) is 0 Å². The Balaban J connectivity index is 1.93. The normalized spacial score (nSPS) is 11.2. The van der Waals surface area contributed by atoms with Crippen molar-refractivity contribution in [1.29, 1.82) is 0 Å². The lowest BCUT2D eigenvalue weighted by Gasteiger charge is -2.24. The number of aryl methyl sites for hydroxylation is 3. The van der Waals surface area contributed by atoms with E-state index in [0.717, 1.165) is 25.5 Å². The Bertz CT molecular complexity index is 1160. The average Bonchev–Trinajstić information content (AvgIpc) is 2.70. The number of nitrogens with zero attached hydrogens (tertiary/aromatic N) is 1. The number of anilines is 2. The number of hydrogen-bond donors (Lipinski definition) is 1. The van der Waals surface area contributed by atoms with Crippen molar-refractivity contribution in [3.63, 3.8) is 0 Å². The summed E-state index contributed by atoms with van der Waals surface area (Å²) in [5.41, 5.74) is 3.97. The van der Waals surface area contributed by atoms with Gasteiger partial charge in [-0.3, -0.25) is 9.10 Å². The molecule has 1 N–H and O–H groups in total. The second-order valence-corrected chi connectivity index (χ2v) is 9.89. The maximum absolute atomic E-state index is 13.4. The molecule has 0 spiro atoms. The molecule has 0 radical (unpaired) electrons. The molecule has 3 aromatic rings. The first kappa shape index (κ1) is 22.1. The summed E-state index contributed by atoms with van der Waals surface area (Å²) < 4.78 is 28.8. The number of halogens is 1. The van der Waals surface area contributed by atoms with Gasteiger partial charge in [-0.1, -0.05) is 51.3 Å². The van der Waals surface area contributed by atoms with Crippen molar-refractivity contribution in [3.05, 3.63) is 87.9 Å². The van der Waals surface area contributed by atoms with Crippen LogP contribution in [0.15, 0.2) is 76.1 Å². The predicted octanol–water partition coefficient (Wildman–Crippen LogP) is 5.21. The minimum Gasteiger partial charge on any atom is -0.325 e. The van der Waals surface area contributed by atoms with Gasteiger partial charge in [0.1, 0.15) is 6.54 Å². The number of benzene rings is 3. The number of carbonyl (C=O) groups is 1. The fourth-order valence-corrected chi connectivity index (χ4v) is 4.58. The van der Waals surface area contributed by atoms with Crippen LogP contribution in [0.4, 0.5) is 11.4 Å². The van der Waals surface area contributed by atoms with Crippen molar-refractivity contribution in [3.8, 4) is 0 Å². The summed E-state index contributed by atoms with van der Waals surface area (Å²) in [7, 11) is -3.92. The van der Waals surface area contributed by atoms with Crippen LogP contribution in [-0.2, 0) is 14.8 Å². The van der Waals surface area contributed by atoms with Gasteiger partial charge in [0.25, 0.3) is 10.0 Å². The fourth-order valence-electron chi connectivity index (χ4n) is 2.92. The summed E-state index contributed by atoms with van der Waals surface area (Å²) in [5.74, 6) is -0.423. The molecule has 30 heavy (non-hydrogen) atoms. The summed E-state index contributed by atoms with van der Waals surface area (Å²) in [6.07, 6.45) is 0. The summed E-state index contributed by atoms with van der Waals surface area (Å²) in [6, 6.07) is 19.1. The summed E-state index contributed by atoms with van der Waals surface area (Å²) >= 11 is 3.43. The number of hydrogen-bond acceptors (Lipinski definition) is 3. The molecule has 0 aromatic heterocycles. The minimum absolute atomic E-state index is 0.140. The van der Waals surface area contributed by atoms with Crippen molar-refractivity contribution >= 4 is 43.2 Å². The molecular weight excluding hydrogens is 464 g/mol. The minimum atomic E-state index is -3.92. The second-order valence-electron chi connectivity index (χ2n) is 7.17. The van der Waals surface area contributed by atoms with Gasteiger partial charge in [-0.2, -0.15) is 0 Å². The van der Waals surface area contributed by atoms with E-state index in [1.54, 1.807) is 42.5 Å². The van der Waals surface area contributed by atoms with Crippen molar-refractivity contribution in [2.24, 2.45) is 0 Å². The van der Waals surface area contributed by atoms with E-state index in [9.17, 15) is 13.2 Å². The molecule has 3 aromatic carbocycles. The lowest BCUT2D eigenvalue weighted by Crippen LogP contribution is -2.38. The Labute approximate surface area is 185 Å². The van der Waals surface area contributed by atoms with Crippen LogP contribution in [0.3, 0.4) is 0 Å². The van der Waals surface area contributed by atoms with Crippen LogP contribution in [0.2, 0.25) is 0 Å². The summed E-state index contributed by atoms with van der Waals surface area (Å²) in [5, 5.41) is 2.79. The van der Waals surface area contributed by atoms with E-state index in [0.29, 0.717) is 11.4 Å². The van der Waals surface area contributed by atoms with Crippen LogP contribution < -0.4 is 9.62 Å². The smallest absolute Gasteiger partial charge is 0.264 e. The summed E-state index contributed by atoms with van der Waals surface area (Å²) in [4.78, 5) is 12.9. The monoisotopic (exact) mass is 486 g/mol. The molecule has 0 bridgehead atoms. The van der Waals surface area contributed by atoms with E-state index in [-0.39, 0.29) is 11.4 Å². The third-order valence-electron chi connectivity index (χ3n) is 4.66. The molecule has 3 rings (SSSR count). The number of sulfonamides is 1. The standard InChI is InChI=1S/C23H23BrN2O3S/c1-16-4-9-20(10-5-16)26(30(28,29)21-11-6-17(2)7-12-21)15-23(27)25-19-8-13-22(24)18(3)14-19/h4-14H,15H2,1-3H3,(H,25,27).